The molecule has 1 aromatic rings. The van der Waals surface area contributed by atoms with Crippen molar-refractivity contribution in [2.45, 2.75) is 18.8 Å². The van der Waals surface area contributed by atoms with Crippen LogP contribution in [-0.2, 0) is 4.74 Å². The molecular weight excluding hydrogens is 210 g/mol. The van der Waals surface area contributed by atoms with Crippen LogP contribution in [0, 0.1) is 5.92 Å². The Morgan fingerprint density at radius 1 is 1.38 bits per heavy atom. The largest absolute Gasteiger partial charge is 0.494 e. The third-order valence-corrected chi connectivity index (χ3v) is 2.79. The highest BCUT2D eigenvalue weighted by Crippen LogP contribution is 2.50. The Morgan fingerprint density at radius 2 is 2.00 bits per heavy atom. The van der Waals surface area contributed by atoms with Gasteiger partial charge in [-0.3, -0.25) is 0 Å². The van der Waals surface area contributed by atoms with Gasteiger partial charge in [-0.15, -0.1) is 0 Å². The van der Waals surface area contributed by atoms with Crippen molar-refractivity contribution in [3.8, 4) is 0 Å². The topological polar surface area (TPSA) is 9.23 Å². The molecule has 1 aromatic carbocycles. The van der Waals surface area contributed by atoms with E-state index in [4.69, 9.17) is 4.74 Å². The maximum Gasteiger partial charge on any atom is 0.251 e. The van der Waals surface area contributed by atoms with Crippen molar-refractivity contribution >= 4 is 5.76 Å². The SMILES string of the molecule is C=C(OCCC1CC1(F)F)c1ccccc1. The molecule has 0 radical (unpaired) electrons. The van der Waals surface area contributed by atoms with E-state index in [0.717, 1.165) is 5.56 Å². The van der Waals surface area contributed by atoms with Crippen molar-refractivity contribution in [2.75, 3.05) is 6.61 Å². The molecule has 0 heterocycles. The molecule has 0 bridgehead atoms. The van der Waals surface area contributed by atoms with Crippen LogP contribution in [-0.4, -0.2) is 12.5 Å². The Kier molecular flexibility index (Phi) is 2.95. The summed E-state index contributed by atoms with van der Waals surface area (Å²) in [5, 5.41) is 0. The predicted molar refractivity (Wildman–Crippen MR) is 59.1 cm³/mol. The number of alkyl halides is 2. The molecular formula is C13H14F2O. The summed E-state index contributed by atoms with van der Waals surface area (Å²) >= 11 is 0. The van der Waals surface area contributed by atoms with Gasteiger partial charge in [0, 0.05) is 17.9 Å². The van der Waals surface area contributed by atoms with Crippen LogP contribution in [0.2, 0.25) is 0 Å². The first-order valence-corrected chi connectivity index (χ1v) is 5.34. The van der Waals surface area contributed by atoms with E-state index in [2.05, 4.69) is 6.58 Å². The molecule has 1 saturated carbocycles. The first-order chi connectivity index (χ1) is 7.59. The van der Waals surface area contributed by atoms with E-state index in [1.54, 1.807) is 0 Å². The fraction of sp³-hybridized carbons (Fsp3) is 0.385. The van der Waals surface area contributed by atoms with Gasteiger partial charge < -0.3 is 4.74 Å². The molecule has 0 saturated heterocycles. The van der Waals surface area contributed by atoms with Gasteiger partial charge >= 0.3 is 0 Å². The fourth-order valence-electron chi connectivity index (χ4n) is 1.61. The second-order valence-electron chi connectivity index (χ2n) is 4.09. The van der Waals surface area contributed by atoms with Gasteiger partial charge in [-0.25, -0.2) is 8.78 Å². The lowest BCUT2D eigenvalue weighted by Gasteiger charge is -2.08. The van der Waals surface area contributed by atoms with E-state index in [1.165, 1.54) is 0 Å². The van der Waals surface area contributed by atoms with Crippen LogP contribution in [0.4, 0.5) is 8.78 Å². The van der Waals surface area contributed by atoms with Crippen molar-refractivity contribution in [2.24, 2.45) is 5.92 Å². The molecule has 2 rings (SSSR count). The molecule has 3 heteroatoms. The minimum atomic E-state index is -2.45. The van der Waals surface area contributed by atoms with Crippen LogP contribution < -0.4 is 0 Å². The molecule has 1 aliphatic carbocycles. The minimum absolute atomic E-state index is 0.00811. The van der Waals surface area contributed by atoms with Gasteiger partial charge in [0.1, 0.15) is 5.76 Å². The summed E-state index contributed by atoms with van der Waals surface area (Å²) in [5.74, 6) is -2.39. The first kappa shape index (κ1) is 11.1. The molecule has 1 aliphatic rings. The van der Waals surface area contributed by atoms with Crippen LogP contribution in [0.25, 0.3) is 5.76 Å². The summed E-state index contributed by atoms with van der Waals surface area (Å²) < 4.78 is 30.5. The van der Waals surface area contributed by atoms with Crippen LogP contribution in [0.3, 0.4) is 0 Å². The van der Waals surface area contributed by atoms with E-state index < -0.39 is 11.8 Å². The number of rotatable bonds is 5. The van der Waals surface area contributed by atoms with Gasteiger partial charge in [0.05, 0.1) is 6.61 Å². The summed E-state index contributed by atoms with van der Waals surface area (Å²) in [6.45, 7) is 4.08. The molecule has 1 atom stereocenters. The van der Waals surface area contributed by atoms with Crippen LogP contribution in [0.5, 0.6) is 0 Å². The van der Waals surface area contributed by atoms with E-state index in [-0.39, 0.29) is 6.42 Å². The summed E-state index contributed by atoms with van der Waals surface area (Å²) in [6, 6.07) is 9.45. The van der Waals surface area contributed by atoms with Gasteiger partial charge in [-0.2, -0.15) is 0 Å². The molecule has 0 spiro atoms. The lowest BCUT2D eigenvalue weighted by Crippen LogP contribution is -1.99. The third-order valence-electron chi connectivity index (χ3n) is 2.79. The minimum Gasteiger partial charge on any atom is -0.494 e. The van der Waals surface area contributed by atoms with Gasteiger partial charge in [0.15, 0.2) is 0 Å². The maximum atomic E-state index is 12.6. The highest BCUT2D eigenvalue weighted by molar-refractivity contribution is 5.56. The van der Waals surface area contributed by atoms with Crippen molar-refractivity contribution in [3.63, 3.8) is 0 Å². The zero-order valence-electron chi connectivity index (χ0n) is 8.96. The number of hydrogen-bond acceptors (Lipinski definition) is 1. The molecule has 1 unspecified atom stereocenters. The quantitative estimate of drug-likeness (QED) is 0.692. The normalized spacial score (nSPS) is 21.5. The Labute approximate surface area is 93.7 Å². The standard InChI is InChI=1S/C13H14F2O/c1-10(11-5-3-2-4-6-11)16-8-7-12-9-13(12,14)15/h2-6,12H,1,7-9H2. The number of hydrogen-bond donors (Lipinski definition) is 0. The van der Waals surface area contributed by atoms with Crippen LogP contribution >= 0.6 is 0 Å². The van der Waals surface area contributed by atoms with Crippen LogP contribution in [0.1, 0.15) is 18.4 Å². The molecule has 0 aliphatic heterocycles. The van der Waals surface area contributed by atoms with Crippen molar-refractivity contribution in [1.29, 1.82) is 0 Å². The highest BCUT2D eigenvalue weighted by atomic mass is 19.3. The molecule has 0 aromatic heterocycles. The molecule has 0 amide bonds. The van der Waals surface area contributed by atoms with Gasteiger partial charge in [0.2, 0.25) is 0 Å². The van der Waals surface area contributed by atoms with Gasteiger partial charge in [-0.05, 0) is 6.42 Å². The Bertz CT molecular complexity index is 373. The van der Waals surface area contributed by atoms with Crippen LogP contribution in [0.15, 0.2) is 36.9 Å². The summed E-state index contributed by atoms with van der Waals surface area (Å²) in [6.07, 6.45) is 0.410. The predicted octanol–water partition coefficient (Wildman–Crippen LogP) is 3.72. The summed E-state index contributed by atoms with van der Waals surface area (Å²) in [4.78, 5) is 0. The summed E-state index contributed by atoms with van der Waals surface area (Å²) in [5.41, 5.74) is 0.894. The van der Waals surface area contributed by atoms with E-state index >= 15 is 0 Å². The third kappa shape index (κ3) is 2.60. The van der Waals surface area contributed by atoms with Crippen molar-refractivity contribution in [1.82, 2.24) is 0 Å². The van der Waals surface area contributed by atoms with Crippen molar-refractivity contribution < 1.29 is 13.5 Å². The first-order valence-electron chi connectivity index (χ1n) is 5.34. The second-order valence-corrected chi connectivity index (χ2v) is 4.09. The zero-order chi connectivity index (χ0) is 11.6. The lowest BCUT2D eigenvalue weighted by molar-refractivity contribution is 0.0917. The number of ether oxygens (including phenoxy) is 1. The average Bonchev–Trinajstić information content (AvgIpc) is 2.87. The molecule has 1 fully saturated rings. The Morgan fingerprint density at radius 3 is 2.56 bits per heavy atom. The molecule has 16 heavy (non-hydrogen) atoms. The van der Waals surface area contributed by atoms with E-state index in [9.17, 15) is 8.78 Å². The van der Waals surface area contributed by atoms with E-state index in [1.807, 2.05) is 30.3 Å². The molecule has 0 N–H and O–H groups in total. The Balaban J connectivity index is 1.73. The maximum absolute atomic E-state index is 12.6. The fourth-order valence-corrected chi connectivity index (χ4v) is 1.61. The molecule has 86 valence electrons. The second kappa shape index (κ2) is 4.24. The highest BCUT2D eigenvalue weighted by Gasteiger charge is 2.56. The van der Waals surface area contributed by atoms with Gasteiger partial charge in [0.25, 0.3) is 5.92 Å². The molecule has 1 nitrogen and oxygen atoms in total. The Hall–Kier alpha value is -1.38. The number of halogens is 2. The van der Waals surface area contributed by atoms with Gasteiger partial charge in [-0.1, -0.05) is 36.9 Å². The monoisotopic (exact) mass is 224 g/mol. The summed E-state index contributed by atoms with van der Waals surface area (Å²) in [7, 11) is 0. The smallest absolute Gasteiger partial charge is 0.251 e. The average molecular weight is 224 g/mol. The van der Waals surface area contributed by atoms with E-state index in [0.29, 0.717) is 18.8 Å². The number of benzene rings is 1. The lowest BCUT2D eigenvalue weighted by atomic mass is 10.2. The van der Waals surface area contributed by atoms with Crippen molar-refractivity contribution in [3.05, 3.63) is 42.5 Å². The zero-order valence-corrected chi connectivity index (χ0v) is 8.96.